The van der Waals surface area contributed by atoms with Gasteiger partial charge in [0.1, 0.15) is 5.75 Å². The molecule has 0 aliphatic carbocycles. The van der Waals surface area contributed by atoms with Crippen LogP contribution < -0.4 is 15.9 Å². The summed E-state index contributed by atoms with van der Waals surface area (Å²) in [7, 11) is 0. The highest BCUT2D eigenvalue weighted by Crippen LogP contribution is 2.21. The minimum Gasteiger partial charge on any atom is -0.482 e. The Bertz CT molecular complexity index is 454. The first-order chi connectivity index (χ1) is 9.58. The fraction of sp³-hybridized carbons (Fsp3) is 0.533. The third kappa shape index (κ3) is 3.63. The summed E-state index contributed by atoms with van der Waals surface area (Å²) in [5.41, 5.74) is 9.25. The third-order valence-electron chi connectivity index (χ3n) is 3.73. The Balaban J connectivity index is 1.85. The molecule has 1 aliphatic rings. The van der Waals surface area contributed by atoms with E-state index in [0.29, 0.717) is 23.5 Å². The lowest BCUT2D eigenvalue weighted by atomic mass is 10.00. The highest BCUT2D eigenvalue weighted by atomic mass is 16.5. The molecule has 1 saturated heterocycles. The Kier molecular flexibility index (Phi) is 4.84. The van der Waals surface area contributed by atoms with Crippen molar-refractivity contribution in [2.45, 2.75) is 45.2 Å². The smallest absolute Gasteiger partial charge is 0.272 e. The second-order valence-corrected chi connectivity index (χ2v) is 5.40. The fourth-order valence-corrected chi connectivity index (χ4v) is 2.57. The van der Waals surface area contributed by atoms with Crippen molar-refractivity contribution in [2.24, 2.45) is 0 Å². The van der Waals surface area contributed by atoms with Crippen molar-refractivity contribution < 1.29 is 9.53 Å². The standard InChI is InChI=1S/C15H23N3O2/c1-11-6-5-7-12(2)18(11)17-15(19)10-20-14-9-4-3-8-13(14)16/h3-4,8-9,11-12H,5-7,10,16H2,1-2H3,(H,17,19). The quantitative estimate of drug-likeness (QED) is 0.825. The first-order valence-corrected chi connectivity index (χ1v) is 7.13. The maximum Gasteiger partial charge on any atom is 0.272 e. The van der Waals surface area contributed by atoms with Crippen molar-refractivity contribution in [3.8, 4) is 5.75 Å². The van der Waals surface area contributed by atoms with Gasteiger partial charge in [-0.1, -0.05) is 18.6 Å². The molecule has 0 spiro atoms. The van der Waals surface area contributed by atoms with Crippen LogP contribution in [-0.4, -0.2) is 29.6 Å². The number of hydrogen-bond acceptors (Lipinski definition) is 4. The lowest BCUT2D eigenvalue weighted by Gasteiger charge is -2.38. The number of amides is 1. The van der Waals surface area contributed by atoms with Crippen molar-refractivity contribution in [2.75, 3.05) is 12.3 Å². The normalized spacial score (nSPS) is 23.3. The zero-order valence-electron chi connectivity index (χ0n) is 12.1. The zero-order valence-corrected chi connectivity index (χ0v) is 12.1. The third-order valence-corrected chi connectivity index (χ3v) is 3.73. The number of piperidine rings is 1. The second-order valence-electron chi connectivity index (χ2n) is 5.40. The van der Waals surface area contributed by atoms with E-state index in [-0.39, 0.29) is 12.5 Å². The van der Waals surface area contributed by atoms with E-state index >= 15 is 0 Å². The molecule has 5 nitrogen and oxygen atoms in total. The van der Waals surface area contributed by atoms with Gasteiger partial charge >= 0.3 is 0 Å². The number of nitrogens with one attached hydrogen (secondary N) is 1. The number of carbonyl (C=O) groups excluding carboxylic acids is 1. The van der Waals surface area contributed by atoms with Crippen LogP contribution in [0.3, 0.4) is 0 Å². The zero-order chi connectivity index (χ0) is 14.5. The summed E-state index contributed by atoms with van der Waals surface area (Å²) >= 11 is 0. The molecular weight excluding hydrogens is 254 g/mol. The number of hydrazine groups is 1. The molecule has 1 aromatic rings. The van der Waals surface area contributed by atoms with Crippen LogP contribution in [0, 0.1) is 0 Å². The molecule has 2 atom stereocenters. The number of ether oxygens (including phenoxy) is 1. The molecule has 1 aromatic carbocycles. The van der Waals surface area contributed by atoms with Crippen molar-refractivity contribution in [3.05, 3.63) is 24.3 Å². The van der Waals surface area contributed by atoms with E-state index in [2.05, 4.69) is 19.3 Å². The Hall–Kier alpha value is -1.75. The number of carbonyl (C=O) groups is 1. The van der Waals surface area contributed by atoms with Gasteiger partial charge in [0.15, 0.2) is 6.61 Å². The Morgan fingerprint density at radius 3 is 2.65 bits per heavy atom. The molecule has 2 unspecified atom stereocenters. The van der Waals surface area contributed by atoms with E-state index < -0.39 is 0 Å². The van der Waals surface area contributed by atoms with E-state index in [1.807, 2.05) is 17.1 Å². The summed E-state index contributed by atoms with van der Waals surface area (Å²) < 4.78 is 5.45. The number of nitrogens with zero attached hydrogens (tertiary/aromatic N) is 1. The second kappa shape index (κ2) is 6.61. The van der Waals surface area contributed by atoms with E-state index in [1.54, 1.807) is 12.1 Å². The Labute approximate surface area is 120 Å². The van der Waals surface area contributed by atoms with Gasteiger partial charge in [0.25, 0.3) is 5.91 Å². The average Bonchev–Trinajstić information content (AvgIpc) is 2.42. The highest BCUT2D eigenvalue weighted by Gasteiger charge is 2.26. The molecule has 1 aliphatic heterocycles. The number of nitrogens with two attached hydrogens (primary N) is 1. The molecule has 5 heteroatoms. The largest absolute Gasteiger partial charge is 0.482 e. The molecule has 0 radical (unpaired) electrons. The number of nitrogen functional groups attached to an aromatic ring is 1. The molecule has 0 bridgehead atoms. The first-order valence-electron chi connectivity index (χ1n) is 7.13. The van der Waals surface area contributed by atoms with Crippen LogP contribution in [0.15, 0.2) is 24.3 Å². The number of rotatable bonds is 4. The molecule has 1 heterocycles. The Morgan fingerprint density at radius 1 is 1.35 bits per heavy atom. The predicted molar refractivity (Wildman–Crippen MR) is 79.1 cm³/mol. The molecule has 0 saturated carbocycles. The van der Waals surface area contributed by atoms with Gasteiger partial charge in [-0.3, -0.25) is 10.2 Å². The summed E-state index contributed by atoms with van der Waals surface area (Å²) in [6.07, 6.45) is 3.43. The number of hydrogen-bond donors (Lipinski definition) is 2. The van der Waals surface area contributed by atoms with Crippen LogP contribution in [-0.2, 0) is 4.79 Å². The van der Waals surface area contributed by atoms with E-state index in [4.69, 9.17) is 10.5 Å². The summed E-state index contributed by atoms with van der Waals surface area (Å²) in [5, 5.41) is 2.03. The SMILES string of the molecule is CC1CCCC(C)N1NC(=O)COc1ccccc1N. The van der Waals surface area contributed by atoms with Crippen molar-refractivity contribution in [1.82, 2.24) is 10.4 Å². The molecule has 1 fully saturated rings. The fourth-order valence-electron chi connectivity index (χ4n) is 2.57. The van der Waals surface area contributed by atoms with Gasteiger partial charge in [-0.05, 0) is 38.8 Å². The van der Waals surface area contributed by atoms with Crippen LogP contribution >= 0.6 is 0 Å². The molecule has 1 amide bonds. The maximum atomic E-state index is 12.0. The number of anilines is 1. The molecule has 2 rings (SSSR count). The summed E-state index contributed by atoms with van der Waals surface area (Å²) in [6, 6.07) is 7.91. The van der Waals surface area contributed by atoms with E-state index in [9.17, 15) is 4.79 Å². The van der Waals surface area contributed by atoms with E-state index in [0.717, 1.165) is 12.8 Å². The summed E-state index contributed by atoms with van der Waals surface area (Å²) in [4.78, 5) is 12.0. The van der Waals surface area contributed by atoms with Crippen LogP contribution in [0.2, 0.25) is 0 Å². The van der Waals surface area contributed by atoms with Gasteiger partial charge in [0.2, 0.25) is 0 Å². The summed E-state index contributed by atoms with van der Waals surface area (Å²) in [5.74, 6) is 0.399. The van der Waals surface area contributed by atoms with E-state index in [1.165, 1.54) is 6.42 Å². The van der Waals surface area contributed by atoms with Gasteiger partial charge in [0, 0.05) is 12.1 Å². The van der Waals surface area contributed by atoms with Gasteiger partial charge < -0.3 is 10.5 Å². The average molecular weight is 277 g/mol. The van der Waals surface area contributed by atoms with Crippen molar-refractivity contribution in [3.63, 3.8) is 0 Å². The highest BCUT2D eigenvalue weighted by molar-refractivity contribution is 5.77. The lowest BCUT2D eigenvalue weighted by molar-refractivity contribution is -0.131. The van der Waals surface area contributed by atoms with Crippen LogP contribution in [0.25, 0.3) is 0 Å². The molecule has 110 valence electrons. The molecule has 0 aromatic heterocycles. The van der Waals surface area contributed by atoms with Gasteiger partial charge in [-0.2, -0.15) is 0 Å². The van der Waals surface area contributed by atoms with Crippen molar-refractivity contribution >= 4 is 11.6 Å². The van der Waals surface area contributed by atoms with Gasteiger partial charge in [0.05, 0.1) is 5.69 Å². The topological polar surface area (TPSA) is 67.6 Å². The lowest BCUT2D eigenvalue weighted by Crippen LogP contribution is -2.55. The van der Waals surface area contributed by atoms with Crippen LogP contribution in [0.1, 0.15) is 33.1 Å². The van der Waals surface area contributed by atoms with Crippen molar-refractivity contribution in [1.29, 1.82) is 0 Å². The van der Waals surface area contributed by atoms with Crippen LogP contribution in [0.4, 0.5) is 5.69 Å². The maximum absolute atomic E-state index is 12.0. The van der Waals surface area contributed by atoms with Gasteiger partial charge in [-0.15, -0.1) is 0 Å². The predicted octanol–water partition coefficient (Wildman–Crippen LogP) is 1.94. The number of benzene rings is 1. The minimum atomic E-state index is -0.145. The molecule has 3 N–H and O–H groups in total. The van der Waals surface area contributed by atoms with Crippen LogP contribution in [0.5, 0.6) is 5.75 Å². The molecule has 20 heavy (non-hydrogen) atoms. The molecular formula is C15H23N3O2. The number of para-hydroxylation sites is 2. The minimum absolute atomic E-state index is 0.0237. The Morgan fingerprint density at radius 2 is 2.00 bits per heavy atom. The first kappa shape index (κ1) is 14.7. The monoisotopic (exact) mass is 277 g/mol. The summed E-state index contributed by atoms with van der Waals surface area (Å²) in [6.45, 7) is 4.24. The van der Waals surface area contributed by atoms with Gasteiger partial charge in [-0.25, -0.2) is 5.01 Å².